The molecule has 4 aliphatic heterocycles. The van der Waals surface area contributed by atoms with E-state index in [2.05, 4.69) is 38.5 Å². The van der Waals surface area contributed by atoms with Crippen LogP contribution in [-0.4, -0.2) is 75.3 Å². The van der Waals surface area contributed by atoms with E-state index in [4.69, 9.17) is 14.9 Å². The van der Waals surface area contributed by atoms with Crippen molar-refractivity contribution in [1.29, 1.82) is 5.41 Å². The SMILES string of the molecule is CN1CC[C@@]2(Cc3cc(NC(=O)/C(C=N)=C4\N=CC=CN4)c(N4CCOCC4)cc3O2)C1. The molecule has 1 atom stereocenters. The Morgan fingerprint density at radius 1 is 1.31 bits per heavy atom. The third-order valence-corrected chi connectivity index (χ3v) is 6.38. The summed E-state index contributed by atoms with van der Waals surface area (Å²) in [7, 11) is 2.12. The number of nitrogens with zero attached hydrogens (tertiary/aromatic N) is 3. The zero-order valence-corrected chi connectivity index (χ0v) is 18.2. The Labute approximate surface area is 187 Å². The van der Waals surface area contributed by atoms with Crippen LogP contribution in [0.2, 0.25) is 0 Å². The van der Waals surface area contributed by atoms with Crippen molar-refractivity contribution in [2.24, 2.45) is 4.99 Å². The van der Waals surface area contributed by atoms with Crippen LogP contribution in [-0.2, 0) is 16.0 Å². The van der Waals surface area contributed by atoms with Gasteiger partial charge in [0, 0.05) is 69.3 Å². The number of rotatable bonds is 4. The molecule has 1 aromatic carbocycles. The van der Waals surface area contributed by atoms with Gasteiger partial charge in [-0.25, -0.2) is 4.99 Å². The van der Waals surface area contributed by atoms with Gasteiger partial charge in [0.2, 0.25) is 0 Å². The fourth-order valence-electron chi connectivity index (χ4n) is 4.81. The van der Waals surface area contributed by atoms with E-state index in [1.807, 2.05) is 6.07 Å². The monoisotopic (exact) mass is 436 g/mol. The first-order chi connectivity index (χ1) is 15.6. The van der Waals surface area contributed by atoms with Crippen LogP contribution in [0, 0.1) is 5.41 Å². The largest absolute Gasteiger partial charge is 0.485 e. The number of aliphatic imine (C=N–C) groups is 1. The Morgan fingerprint density at radius 3 is 2.84 bits per heavy atom. The van der Waals surface area contributed by atoms with Gasteiger partial charge in [0.25, 0.3) is 5.91 Å². The first kappa shape index (κ1) is 20.7. The van der Waals surface area contributed by atoms with Gasteiger partial charge >= 0.3 is 0 Å². The van der Waals surface area contributed by atoms with Gasteiger partial charge in [0.05, 0.1) is 30.2 Å². The Morgan fingerprint density at radius 2 is 2.16 bits per heavy atom. The minimum Gasteiger partial charge on any atom is -0.485 e. The quantitative estimate of drug-likeness (QED) is 0.489. The van der Waals surface area contributed by atoms with Gasteiger partial charge in [-0.15, -0.1) is 0 Å². The third kappa shape index (κ3) is 3.89. The number of likely N-dealkylation sites (N-methyl/N-ethyl adjacent to an activating group) is 1. The maximum Gasteiger partial charge on any atom is 0.261 e. The van der Waals surface area contributed by atoms with Crippen LogP contribution in [0.1, 0.15) is 12.0 Å². The van der Waals surface area contributed by atoms with Gasteiger partial charge in [-0.1, -0.05) is 0 Å². The summed E-state index contributed by atoms with van der Waals surface area (Å²) in [4.78, 5) is 21.8. The summed E-state index contributed by atoms with van der Waals surface area (Å²) in [5, 5.41) is 13.7. The highest BCUT2D eigenvalue weighted by atomic mass is 16.5. The molecule has 5 rings (SSSR count). The van der Waals surface area contributed by atoms with Gasteiger partial charge in [0.15, 0.2) is 0 Å². The van der Waals surface area contributed by atoms with E-state index in [0.717, 1.165) is 67.9 Å². The molecule has 4 aliphatic rings. The average molecular weight is 437 g/mol. The Hall–Kier alpha value is -3.17. The normalized spacial score (nSPS) is 26.0. The first-order valence-corrected chi connectivity index (χ1v) is 11.0. The molecule has 0 unspecified atom stereocenters. The van der Waals surface area contributed by atoms with E-state index in [-0.39, 0.29) is 17.1 Å². The minimum atomic E-state index is -0.376. The number of hydrogen-bond donors (Lipinski definition) is 3. The van der Waals surface area contributed by atoms with E-state index < -0.39 is 0 Å². The standard InChI is InChI=1S/C23H28N6O3/c1-28-6-3-23(15-28)13-16-11-18(19(12-20(16)32-23)29-7-9-31-10-8-29)27-22(30)17(14-24)21-25-4-2-5-26-21/h2,4-5,11-12,14,24-25H,3,6-10,13,15H2,1H3,(H,27,30)/b21-17-,24-14?/t23-/m1/s1. The molecule has 1 spiro atoms. The zero-order chi connectivity index (χ0) is 22.1. The molecule has 9 heteroatoms. The Kier molecular flexibility index (Phi) is 5.44. The molecule has 9 nitrogen and oxygen atoms in total. The summed E-state index contributed by atoms with van der Waals surface area (Å²) in [5.74, 6) is 0.873. The Balaban J connectivity index is 1.48. The fourth-order valence-corrected chi connectivity index (χ4v) is 4.81. The number of carbonyl (C=O) groups is 1. The molecule has 32 heavy (non-hydrogen) atoms. The van der Waals surface area contributed by atoms with Gasteiger partial charge in [0.1, 0.15) is 17.2 Å². The highest BCUT2D eigenvalue weighted by Gasteiger charge is 2.44. The number of anilines is 2. The lowest BCUT2D eigenvalue weighted by Gasteiger charge is -2.31. The van der Waals surface area contributed by atoms with Crippen molar-refractivity contribution in [3.63, 3.8) is 0 Å². The molecule has 2 saturated heterocycles. The van der Waals surface area contributed by atoms with Crippen LogP contribution in [0.15, 0.2) is 40.8 Å². The zero-order valence-electron chi connectivity index (χ0n) is 18.2. The molecular formula is C23H28N6O3. The number of allylic oxidation sites excluding steroid dienone is 1. The lowest BCUT2D eigenvalue weighted by atomic mass is 9.96. The fraction of sp³-hybridized carbons (Fsp3) is 0.435. The van der Waals surface area contributed by atoms with Crippen molar-refractivity contribution in [2.45, 2.75) is 18.4 Å². The van der Waals surface area contributed by atoms with Crippen molar-refractivity contribution in [2.75, 3.05) is 56.7 Å². The van der Waals surface area contributed by atoms with Gasteiger partial charge in [-0.3, -0.25) is 4.79 Å². The second-order valence-corrected chi connectivity index (χ2v) is 8.67. The van der Waals surface area contributed by atoms with Crippen molar-refractivity contribution >= 4 is 29.7 Å². The van der Waals surface area contributed by atoms with Crippen LogP contribution in [0.25, 0.3) is 0 Å². The maximum atomic E-state index is 13.1. The van der Waals surface area contributed by atoms with E-state index in [1.165, 1.54) is 0 Å². The molecule has 0 saturated carbocycles. The minimum absolute atomic E-state index is 0.171. The summed E-state index contributed by atoms with van der Waals surface area (Å²) in [6.07, 6.45) is 7.86. The van der Waals surface area contributed by atoms with Gasteiger partial charge in [-0.2, -0.15) is 0 Å². The number of likely N-dealkylation sites (tertiary alicyclic amines) is 1. The number of amides is 1. The molecule has 0 bridgehead atoms. The van der Waals surface area contributed by atoms with Crippen LogP contribution in [0.3, 0.4) is 0 Å². The number of ether oxygens (including phenoxy) is 2. The molecule has 0 aromatic heterocycles. The summed E-state index contributed by atoms with van der Waals surface area (Å²) in [6, 6.07) is 4.09. The third-order valence-electron chi connectivity index (χ3n) is 6.38. The molecule has 0 aliphatic carbocycles. The van der Waals surface area contributed by atoms with Crippen molar-refractivity contribution in [1.82, 2.24) is 10.2 Å². The lowest BCUT2D eigenvalue weighted by Crippen LogP contribution is -2.37. The number of carbonyl (C=O) groups excluding carboxylic acids is 1. The molecule has 168 valence electrons. The molecule has 1 aromatic rings. The molecule has 3 N–H and O–H groups in total. The lowest BCUT2D eigenvalue weighted by molar-refractivity contribution is -0.112. The van der Waals surface area contributed by atoms with E-state index >= 15 is 0 Å². The summed E-state index contributed by atoms with van der Waals surface area (Å²) >= 11 is 0. The van der Waals surface area contributed by atoms with Gasteiger partial charge < -0.3 is 35.3 Å². The van der Waals surface area contributed by atoms with Crippen LogP contribution < -0.4 is 20.3 Å². The van der Waals surface area contributed by atoms with E-state index in [0.29, 0.717) is 19.0 Å². The summed E-state index contributed by atoms with van der Waals surface area (Å²) in [6.45, 7) is 4.68. The molecule has 1 amide bonds. The summed E-state index contributed by atoms with van der Waals surface area (Å²) < 4.78 is 12.0. The van der Waals surface area contributed by atoms with E-state index in [9.17, 15) is 4.79 Å². The predicted molar refractivity (Wildman–Crippen MR) is 124 cm³/mol. The number of benzene rings is 1. The first-order valence-electron chi connectivity index (χ1n) is 11.0. The molecular weight excluding hydrogens is 408 g/mol. The highest BCUT2D eigenvalue weighted by molar-refractivity contribution is 6.18. The predicted octanol–water partition coefficient (Wildman–Crippen LogP) is 1.52. The van der Waals surface area contributed by atoms with Crippen LogP contribution >= 0.6 is 0 Å². The second-order valence-electron chi connectivity index (χ2n) is 8.67. The molecule has 0 radical (unpaired) electrons. The van der Waals surface area contributed by atoms with Crippen molar-refractivity contribution in [3.8, 4) is 5.75 Å². The highest BCUT2D eigenvalue weighted by Crippen LogP contribution is 2.45. The van der Waals surface area contributed by atoms with E-state index in [1.54, 1.807) is 18.5 Å². The number of nitrogens with one attached hydrogen (secondary N) is 3. The van der Waals surface area contributed by atoms with Crippen LogP contribution in [0.5, 0.6) is 5.75 Å². The van der Waals surface area contributed by atoms with Gasteiger partial charge in [-0.05, 0) is 19.2 Å². The Bertz CT molecular complexity index is 1030. The second kappa shape index (κ2) is 8.40. The molecule has 4 heterocycles. The number of fused-ring (bicyclic) bond motifs is 1. The molecule has 2 fully saturated rings. The average Bonchev–Trinajstić information content (AvgIpc) is 3.35. The number of hydrogen-bond acceptors (Lipinski definition) is 8. The van der Waals surface area contributed by atoms with Crippen molar-refractivity contribution < 1.29 is 14.3 Å². The van der Waals surface area contributed by atoms with Crippen LogP contribution in [0.4, 0.5) is 11.4 Å². The maximum absolute atomic E-state index is 13.1. The summed E-state index contributed by atoms with van der Waals surface area (Å²) in [5.41, 5.74) is 2.73. The smallest absolute Gasteiger partial charge is 0.261 e. The van der Waals surface area contributed by atoms with Crippen molar-refractivity contribution in [3.05, 3.63) is 41.4 Å². The topological polar surface area (TPSA) is 102 Å². The number of morpholine rings is 1.